The van der Waals surface area contributed by atoms with Crippen LogP contribution in [0, 0.1) is 11.3 Å². The summed E-state index contributed by atoms with van der Waals surface area (Å²) in [4.78, 5) is 12.9. The molecule has 1 heterocycles. The van der Waals surface area contributed by atoms with Crippen molar-refractivity contribution >= 4 is 11.6 Å². The number of para-hydroxylation sites is 2. The Kier molecular flexibility index (Phi) is 2.30. The second-order valence-corrected chi connectivity index (χ2v) is 3.33. The van der Waals surface area contributed by atoms with E-state index in [1.165, 1.54) is 6.92 Å². The first-order chi connectivity index (χ1) is 7.22. The lowest BCUT2D eigenvalue weighted by atomic mass is 10.2. The second-order valence-electron chi connectivity index (χ2n) is 3.33. The Balaban J connectivity index is 2.43. The van der Waals surface area contributed by atoms with Crippen molar-refractivity contribution in [3.8, 4) is 11.8 Å². The number of anilines is 1. The number of amides is 1. The molecule has 1 aromatic rings. The molecular weight excluding hydrogens is 192 g/mol. The van der Waals surface area contributed by atoms with Gasteiger partial charge in [0.25, 0.3) is 0 Å². The molecule has 0 aliphatic carbocycles. The quantitative estimate of drug-likeness (QED) is 0.637. The zero-order chi connectivity index (χ0) is 10.8. The highest BCUT2D eigenvalue weighted by molar-refractivity contribution is 5.93. The first kappa shape index (κ1) is 9.53. The maximum atomic E-state index is 11.4. The zero-order valence-corrected chi connectivity index (χ0v) is 8.30. The largest absolute Gasteiger partial charge is 0.471 e. The Morgan fingerprint density at radius 2 is 2.33 bits per heavy atom. The molecule has 0 radical (unpaired) electrons. The SMILES string of the molecule is CC(=O)N1CC(C#N)Oc2ccccc21. The number of hydrogen-bond donors (Lipinski definition) is 0. The van der Waals surface area contributed by atoms with Gasteiger partial charge in [-0.3, -0.25) is 4.79 Å². The van der Waals surface area contributed by atoms with Crippen LogP contribution in [0.3, 0.4) is 0 Å². The van der Waals surface area contributed by atoms with Gasteiger partial charge in [-0.1, -0.05) is 12.1 Å². The molecule has 0 N–H and O–H groups in total. The van der Waals surface area contributed by atoms with E-state index >= 15 is 0 Å². The van der Waals surface area contributed by atoms with Crippen molar-refractivity contribution < 1.29 is 9.53 Å². The molecular formula is C11H10N2O2. The molecule has 2 rings (SSSR count). The lowest BCUT2D eigenvalue weighted by Gasteiger charge is -2.31. The predicted octanol–water partition coefficient (Wildman–Crippen LogP) is 1.32. The average molecular weight is 202 g/mol. The van der Waals surface area contributed by atoms with E-state index in [2.05, 4.69) is 0 Å². The molecule has 4 nitrogen and oxygen atoms in total. The van der Waals surface area contributed by atoms with Crippen LogP contribution in [0.2, 0.25) is 0 Å². The summed E-state index contributed by atoms with van der Waals surface area (Å²) in [5.74, 6) is 0.511. The van der Waals surface area contributed by atoms with Crippen LogP contribution in [0.5, 0.6) is 5.75 Å². The average Bonchev–Trinajstić information content (AvgIpc) is 2.27. The maximum Gasteiger partial charge on any atom is 0.224 e. The van der Waals surface area contributed by atoms with Crippen LogP contribution in [0.25, 0.3) is 0 Å². The molecule has 1 aliphatic rings. The van der Waals surface area contributed by atoms with E-state index in [-0.39, 0.29) is 5.91 Å². The van der Waals surface area contributed by atoms with Crippen LogP contribution in [0.1, 0.15) is 6.92 Å². The number of nitriles is 1. The smallest absolute Gasteiger partial charge is 0.224 e. The monoisotopic (exact) mass is 202 g/mol. The summed E-state index contributed by atoms with van der Waals surface area (Å²) < 4.78 is 5.41. The second kappa shape index (κ2) is 3.62. The van der Waals surface area contributed by atoms with Crippen molar-refractivity contribution in [1.82, 2.24) is 0 Å². The number of benzene rings is 1. The summed E-state index contributed by atoms with van der Waals surface area (Å²) in [5.41, 5.74) is 0.733. The van der Waals surface area contributed by atoms with Gasteiger partial charge in [-0.05, 0) is 12.1 Å². The molecule has 1 amide bonds. The van der Waals surface area contributed by atoms with Crippen molar-refractivity contribution in [2.75, 3.05) is 11.4 Å². The van der Waals surface area contributed by atoms with Crippen molar-refractivity contribution in [2.24, 2.45) is 0 Å². The number of fused-ring (bicyclic) bond motifs is 1. The van der Waals surface area contributed by atoms with Gasteiger partial charge in [0.1, 0.15) is 11.8 Å². The van der Waals surface area contributed by atoms with Gasteiger partial charge in [-0.15, -0.1) is 0 Å². The number of carbonyl (C=O) groups excluding carboxylic acids is 1. The van der Waals surface area contributed by atoms with Gasteiger partial charge >= 0.3 is 0 Å². The van der Waals surface area contributed by atoms with Gasteiger partial charge < -0.3 is 9.64 Å². The lowest BCUT2D eigenvalue weighted by molar-refractivity contribution is -0.116. The molecule has 76 valence electrons. The number of ether oxygens (including phenoxy) is 1. The Labute approximate surface area is 87.7 Å². The molecule has 15 heavy (non-hydrogen) atoms. The van der Waals surface area contributed by atoms with Gasteiger partial charge in [0.05, 0.1) is 12.2 Å². The first-order valence-electron chi connectivity index (χ1n) is 4.66. The summed E-state index contributed by atoms with van der Waals surface area (Å²) in [5, 5.41) is 8.80. The minimum absolute atomic E-state index is 0.0778. The van der Waals surface area contributed by atoms with Crippen LogP contribution < -0.4 is 9.64 Å². The molecule has 1 aromatic carbocycles. The molecule has 4 heteroatoms. The minimum atomic E-state index is -0.580. The van der Waals surface area contributed by atoms with Crippen LogP contribution in [-0.4, -0.2) is 18.6 Å². The Bertz CT molecular complexity index is 436. The minimum Gasteiger partial charge on any atom is -0.471 e. The van der Waals surface area contributed by atoms with E-state index in [0.29, 0.717) is 12.3 Å². The van der Waals surface area contributed by atoms with Crippen LogP contribution in [0.15, 0.2) is 24.3 Å². The summed E-state index contributed by atoms with van der Waals surface area (Å²) in [7, 11) is 0. The molecule has 0 saturated carbocycles. The topological polar surface area (TPSA) is 53.3 Å². The standard InChI is InChI=1S/C11H10N2O2/c1-8(14)13-7-9(6-12)15-11-5-3-2-4-10(11)13/h2-5,9H,7H2,1H3. The number of carbonyl (C=O) groups is 1. The van der Waals surface area contributed by atoms with Crippen molar-refractivity contribution in [3.63, 3.8) is 0 Å². The molecule has 1 unspecified atom stereocenters. The Morgan fingerprint density at radius 3 is 3.00 bits per heavy atom. The van der Waals surface area contributed by atoms with Gasteiger partial charge in [0, 0.05) is 6.92 Å². The Hall–Kier alpha value is -2.02. The van der Waals surface area contributed by atoms with Crippen LogP contribution in [0.4, 0.5) is 5.69 Å². The third-order valence-electron chi connectivity index (χ3n) is 2.30. The molecule has 0 bridgehead atoms. The fourth-order valence-electron chi connectivity index (χ4n) is 1.60. The van der Waals surface area contributed by atoms with Crippen LogP contribution in [-0.2, 0) is 4.79 Å². The zero-order valence-electron chi connectivity index (χ0n) is 8.30. The fraction of sp³-hybridized carbons (Fsp3) is 0.273. The van der Waals surface area contributed by atoms with Crippen molar-refractivity contribution in [3.05, 3.63) is 24.3 Å². The van der Waals surface area contributed by atoms with Gasteiger partial charge in [-0.2, -0.15) is 5.26 Å². The van der Waals surface area contributed by atoms with Crippen molar-refractivity contribution in [1.29, 1.82) is 5.26 Å². The number of hydrogen-bond acceptors (Lipinski definition) is 3. The fourth-order valence-corrected chi connectivity index (χ4v) is 1.60. The van der Waals surface area contributed by atoms with E-state index in [4.69, 9.17) is 10.00 Å². The van der Waals surface area contributed by atoms with Gasteiger partial charge in [-0.25, -0.2) is 0 Å². The normalized spacial score (nSPS) is 18.7. The van der Waals surface area contributed by atoms with Crippen molar-refractivity contribution in [2.45, 2.75) is 13.0 Å². The van der Waals surface area contributed by atoms with E-state index in [9.17, 15) is 4.79 Å². The molecule has 1 aliphatic heterocycles. The maximum absolute atomic E-state index is 11.4. The van der Waals surface area contributed by atoms with E-state index in [1.54, 1.807) is 11.0 Å². The van der Waals surface area contributed by atoms with Gasteiger partial charge in [0.2, 0.25) is 12.0 Å². The summed E-state index contributed by atoms with van der Waals surface area (Å²) in [6.45, 7) is 1.78. The number of nitrogens with zero attached hydrogens (tertiary/aromatic N) is 2. The molecule has 0 aromatic heterocycles. The predicted molar refractivity (Wildman–Crippen MR) is 54.5 cm³/mol. The molecule has 0 spiro atoms. The third-order valence-corrected chi connectivity index (χ3v) is 2.30. The molecule has 1 atom stereocenters. The van der Waals surface area contributed by atoms with E-state index < -0.39 is 6.10 Å². The summed E-state index contributed by atoms with van der Waals surface area (Å²) >= 11 is 0. The highest BCUT2D eigenvalue weighted by Crippen LogP contribution is 2.32. The highest BCUT2D eigenvalue weighted by Gasteiger charge is 2.27. The summed E-state index contributed by atoms with van der Waals surface area (Å²) in [6, 6.07) is 9.24. The molecule has 0 saturated heterocycles. The number of rotatable bonds is 0. The van der Waals surface area contributed by atoms with Crippen LogP contribution >= 0.6 is 0 Å². The van der Waals surface area contributed by atoms with Gasteiger partial charge in [0.15, 0.2) is 0 Å². The lowest BCUT2D eigenvalue weighted by Crippen LogP contribution is -2.41. The molecule has 0 fully saturated rings. The third kappa shape index (κ3) is 1.64. The first-order valence-corrected chi connectivity index (χ1v) is 4.66. The highest BCUT2D eigenvalue weighted by atomic mass is 16.5. The Morgan fingerprint density at radius 1 is 1.60 bits per heavy atom. The van der Waals surface area contributed by atoms with E-state index in [0.717, 1.165) is 5.69 Å². The summed E-state index contributed by atoms with van der Waals surface area (Å²) in [6.07, 6.45) is -0.580. The van der Waals surface area contributed by atoms with E-state index in [1.807, 2.05) is 24.3 Å².